The van der Waals surface area contributed by atoms with E-state index in [1.165, 1.54) is 0 Å². The van der Waals surface area contributed by atoms with Crippen molar-refractivity contribution in [1.82, 2.24) is 9.80 Å². The molecule has 28 heavy (non-hydrogen) atoms. The van der Waals surface area contributed by atoms with Crippen molar-refractivity contribution in [3.8, 4) is 5.75 Å². The zero-order valence-corrected chi connectivity index (χ0v) is 16.7. The maximum Gasteiger partial charge on any atom is 0.225 e. The Morgan fingerprint density at radius 1 is 0.929 bits per heavy atom. The van der Waals surface area contributed by atoms with E-state index in [-0.39, 0.29) is 36.4 Å². The fraction of sp³-hybridized carbons (Fsp3) is 0.591. The third kappa shape index (κ3) is 5.12. The van der Waals surface area contributed by atoms with Gasteiger partial charge >= 0.3 is 0 Å². The molecule has 0 unspecified atom stereocenters. The van der Waals surface area contributed by atoms with Gasteiger partial charge in [0.25, 0.3) is 0 Å². The van der Waals surface area contributed by atoms with Crippen molar-refractivity contribution in [3.05, 3.63) is 29.8 Å². The van der Waals surface area contributed by atoms with Crippen LogP contribution in [-0.4, -0.2) is 60.2 Å². The lowest BCUT2D eigenvalue weighted by molar-refractivity contribution is -0.140. The first-order valence-electron chi connectivity index (χ1n) is 10.4. The summed E-state index contributed by atoms with van der Waals surface area (Å²) in [5.74, 6) is 1.02. The fourth-order valence-electron chi connectivity index (χ4n) is 4.00. The van der Waals surface area contributed by atoms with Crippen molar-refractivity contribution in [1.29, 1.82) is 0 Å². The number of ether oxygens (including phenoxy) is 1. The van der Waals surface area contributed by atoms with Gasteiger partial charge in [-0.1, -0.05) is 0 Å². The van der Waals surface area contributed by atoms with E-state index in [0.717, 1.165) is 44.5 Å². The Bertz CT molecular complexity index is 687. The van der Waals surface area contributed by atoms with Crippen LogP contribution in [0.2, 0.25) is 0 Å². The van der Waals surface area contributed by atoms with Crippen molar-refractivity contribution in [2.75, 3.05) is 32.8 Å². The number of carbonyl (C=O) groups excluding carboxylic acids is 3. The second-order valence-electron chi connectivity index (χ2n) is 7.57. The number of rotatable bonds is 7. The van der Waals surface area contributed by atoms with Crippen LogP contribution in [0, 0.1) is 5.92 Å². The van der Waals surface area contributed by atoms with Gasteiger partial charge < -0.3 is 14.5 Å². The van der Waals surface area contributed by atoms with E-state index >= 15 is 0 Å². The summed E-state index contributed by atoms with van der Waals surface area (Å²) in [6.07, 6.45) is 4.09. The van der Waals surface area contributed by atoms with Crippen LogP contribution in [0.15, 0.2) is 24.3 Å². The number of amides is 2. The number of nitrogens with zero attached hydrogens (tertiary/aromatic N) is 2. The van der Waals surface area contributed by atoms with Crippen molar-refractivity contribution in [2.45, 2.75) is 45.4 Å². The molecule has 0 atom stereocenters. The average molecular weight is 386 g/mol. The minimum atomic E-state index is -0.0319. The molecule has 2 aliphatic rings. The molecular formula is C22H30N2O4. The Morgan fingerprint density at radius 2 is 1.57 bits per heavy atom. The first-order chi connectivity index (χ1) is 13.6. The lowest BCUT2D eigenvalue weighted by atomic mass is 9.95. The molecule has 152 valence electrons. The van der Waals surface area contributed by atoms with Crippen LogP contribution >= 0.6 is 0 Å². The van der Waals surface area contributed by atoms with E-state index < -0.39 is 0 Å². The lowest BCUT2D eigenvalue weighted by Crippen LogP contribution is -2.43. The molecule has 2 heterocycles. The summed E-state index contributed by atoms with van der Waals surface area (Å²) >= 11 is 0. The van der Waals surface area contributed by atoms with E-state index in [0.29, 0.717) is 25.3 Å². The van der Waals surface area contributed by atoms with Gasteiger partial charge in [-0.15, -0.1) is 0 Å². The number of hydrogen-bond acceptors (Lipinski definition) is 4. The SMILES string of the molecule is CCOc1ccc(C(=O)CCC(=O)N2CCC(C(=O)N3CCCC3)CC2)cc1. The minimum absolute atomic E-state index is 0.00589. The molecule has 6 heteroatoms. The molecule has 3 rings (SSSR count). The summed E-state index contributed by atoms with van der Waals surface area (Å²) in [4.78, 5) is 41.0. The van der Waals surface area contributed by atoms with Crippen LogP contribution < -0.4 is 4.74 Å². The van der Waals surface area contributed by atoms with Gasteiger partial charge in [-0.05, 0) is 56.9 Å². The van der Waals surface area contributed by atoms with Crippen LogP contribution in [0.3, 0.4) is 0 Å². The smallest absolute Gasteiger partial charge is 0.225 e. The number of carbonyl (C=O) groups is 3. The summed E-state index contributed by atoms with van der Waals surface area (Å²) in [5, 5.41) is 0. The molecule has 1 aromatic rings. The predicted molar refractivity (Wildman–Crippen MR) is 106 cm³/mol. The Hall–Kier alpha value is -2.37. The Balaban J connectivity index is 1.41. The van der Waals surface area contributed by atoms with Gasteiger partial charge in [0.1, 0.15) is 5.75 Å². The summed E-state index contributed by atoms with van der Waals surface area (Å²) in [6, 6.07) is 7.04. The molecule has 0 N–H and O–H groups in total. The molecule has 6 nitrogen and oxygen atoms in total. The highest BCUT2D eigenvalue weighted by Crippen LogP contribution is 2.23. The Labute approximate surface area is 166 Å². The van der Waals surface area contributed by atoms with Gasteiger partial charge in [0.05, 0.1) is 6.61 Å². The number of Topliss-reactive ketones (excluding diaryl/α,β-unsaturated/α-hetero) is 1. The quantitative estimate of drug-likeness (QED) is 0.676. The fourth-order valence-corrected chi connectivity index (χ4v) is 4.00. The van der Waals surface area contributed by atoms with Crippen LogP contribution in [-0.2, 0) is 9.59 Å². The number of likely N-dealkylation sites (tertiary alicyclic amines) is 2. The highest BCUT2D eigenvalue weighted by Gasteiger charge is 2.31. The number of benzene rings is 1. The highest BCUT2D eigenvalue weighted by atomic mass is 16.5. The van der Waals surface area contributed by atoms with E-state index in [1.807, 2.05) is 11.8 Å². The van der Waals surface area contributed by atoms with Crippen molar-refractivity contribution in [3.63, 3.8) is 0 Å². The summed E-state index contributed by atoms with van der Waals surface area (Å²) in [5.41, 5.74) is 0.603. The molecule has 0 radical (unpaired) electrons. The molecule has 2 amide bonds. The first-order valence-corrected chi connectivity index (χ1v) is 10.4. The van der Waals surface area contributed by atoms with Crippen LogP contribution in [0.25, 0.3) is 0 Å². The molecule has 0 aliphatic carbocycles. The third-order valence-electron chi connectivity index (χ3n) is 5.67. The predicted octanol–water partition coefficient (Wildman–Crippen LogP) is 2.91. The van der Waals surface area contributed by atoms with E-state index in [2.05, 4.69) is 0 Å². The maximum absolute atomic E-state index is 12.5. The number of ketones is 1. The van der Waals surface area contributed by atoms with Crippen molar-refractivity contribution < 1.29 is 19.1 Å². The first kappa shape index (κ1) is 20.4. The maximum atomic E-state index is 12.5. The largest absolute Gasteiger partial charge is 0.494 e. The summed E-state index contributed by atoms with van der Waals surface area (Å²) < 4.78 is 5.38. The molecule has 1 aromatic carbocycles. The monoisotopic (exact) mass is 386 g/mol. The molecule has 2 saturated heterocycles. The Morgan fingerprint density at radius 3 is 2.18 bits per heavy atom. The van der Waals surface area contributed by atoms with Gasteiger partial charge in [0, 0.05) is 50.5 Å². The lowest BCUT2D eigenvalue weighted by Gasteiger charge is -2.33. The summed E-state index contributed by atoms with van der Waals surface area (Å²) in [7, 11) is 0. The van der Waals surface area contributed by atoms with Crippen LogP contribution in [0.4, 0.5) is 0 Å². The van der Waals surface area contributed by atoms with Gasteiger partial charge in [-0.3, -0.25) is 14.4 Å². The van der Waals surface area contributed by atoms with E-state index in [1.54, 1.807) is 29.2 Å². The summed E-state index contributed by atoms with van der Waals surface area (Å²) in [6.45, 7) is 5.48. The topological polar surface area (TPSA) is 66.9 Å². The average Bonchev–Trinajstić information content (AvgIpc) is 3.27. The minimum Gasteiger partial charge on any atom is -0.494 e. The molecule has 0 bridgehead atoms. The zero-order chi connectivity index (χ0) is 19.9. The zero-order valence-electron chi connectivity index (χ0n) is 16.7. The van der Waals surface area contributed by atoms with Crippen LogP contribution in [0.1, 0.15) is 55.8 Å². The van der Waals surface area contributed by atoms with Gasteiger partial charge in [-0.2, -0.15) is 0 Å². The standard InChI is InChI=1S/C22H30N2O4/c1-2-28-19-7-5-17(6-8-19)20(25)9-10-21(26)23-15-11-18(12-16-23)22(27)24-13-3-4-14-24/h5-8,18H,2-4,9-16H2,1H3. The molecule has 0 saturated carbocycles. The second-order valence-corrected chi connectivity index (χ2v) is 7.57. The normalized spacial score (nSPS) is 17.6. The van der Waals surface area contributed by atoms with E-state index in [9.17, 15) is 14.4 Å². The molecule has 0 spiro atoms. The third-order valence-corrected chi connectivity index (χ3v) is 5.67. The second kappa shape index (κ2) is 9.71. The van der Waals surface area contributed by atoms with E-state index in [4.69, 9.17) is 4.74 Å². The van der Waals surface area contributed by atoms with Crippen LogP contribution in [0.5, 0.6) is 5.75 Å². The number of hydrogen-bond donors (Lipinski definition) is 0. The highest BCUT2D eigenvalue weighted by molar-refractivity contribution is 5.98. The number of piperidine rings is 1. The van der Waals surface area contributed by atoms with Gasteiger partial charge in [0.2, 0.25) is 11.8 Å². The van der Waals surface area contributed by atoms with Crippen molar-refractivity contribution >= 4 is 17.6 Å². The van der Waals surface area contributed by atoms with Crippen molar-refractivity contribution in [2.24, 2.45) is 5.92 Å². The molecule has 2 fully saturated rings. The molecular weight excluding hydrogens is 356 g/mol. The molecule has 0 aromatic heterocycles. The Kier molecular flexibility index (Phi) is 7.06. The van der Waals surface area contributed by atoms with Gasteiger partial charge in [-0.25, -0.2) is 0 Å². The molecule has 2 aliphatic heterocycles. The van der Waals surface area contributed by atoms with Gasteiger partial charge in [0.15, 0.2) is 5.78 Å².